The summed E-state index contributed by atoms with van der Waals surface area (Å²) in [5.41, 5.74) is 0.322. The lowest BCUT2D eigenvalue weighted by molar-refractivity contribution is -0.121. The van der Waals surface area contributed by atoms with Crippen LogP contribution in [0.25, 0.3) is 0 Å². The molecule has 0 spiro atoms. The molecule has 0 bridgehead atoms. The van der Waals surface area contributed by atoms with Crippen molar-refractivity contribution in [1.82, 2.24) is 9.62 Å². The molecule has 0 aromatic heterocycles. The fourth-order valence-electron chi connectivity index (χ4n) is 3.53. The number of hydrogen-bond acceptors (Lipinski definition) is 7. The Morgan fingerprint density at radius 2 is 1.69 bits per heavy atom. The Labute approximate surface area is 210 Å². The maximum absolute atomic E-state index is 12.7. The summed E-state index contributed by atoms with van der Waals surface area (Å²) >= 11 is 5.88. The summed E-state index contributed by atoms with van der Waals surface area (Å²) in [6, 6.07) is 11.2. The summed E-state index contributed by atoms with van der Waals surface area (Å²) in [6.07, 6.45) is 1.03. The van der Waals surface area contributed by atoms with E-state index in [0.29, 0.717) is 42.8 Å². The molecule has 1 amide bonds. The Balaban J connectivity index is 1.53. The molecule has 1 aliphatic rings. The minimum absolute atomic E-state index is 0.105. The summed E-state index contributed by atoms with van der Waals surface area (Å²) < 4.78 is 63.2. The van der Waals surface area contributed by atoms with E-state index in [4.69, 9.17) is 21.1 Å². The number of hydrogen-bond donors (Lipinski definition) is 1. The molecule has 1 saturated heterocycles. The normalized spacial score (nSPS) is 15.9. The third kappa shape index (κ3) is 7.07. The van der Waals surface area contributed by atoms with Crippen LogP contribution in [0.15, 0.2) is 53.4 Å². The van der Waals surface area contributed by atoms with Gasteiger partial charge in [0.25, 0.3) is 0 Å². The van der Waals surface area contributed by atoms with Gasteiger partial charge in [-0.3, -0.25) is 9.10 Å². The van der Waals surface area contributed by atoms with Crippen molar-refractivity contribution in [3.63, 3.8) is 0 Å². The third-order valence-corrected chi connectivity index (χ3v) is 8.68. The molecule has 1 N–H and O–H groups in total. The van der Waals surface area contributed by atoms with Crippen molar-refractivity contribution in [2.75, 3.05) is 50.0 Å². The van der Waals surface area contributed by atoms with Gasteiger partial charge in [-0.15, -0.1) is 0 Å². The van der Waals surface area contributed by atoms with Crippen LogP contribution in [-0.2, 0) is 29.6 Å². The number of benzene rings is 2. The molecule has 1 aliphatic heterocycles. The van der Waals surface area contributed by atoms with Crippen molar-refractivity contribution < 1.29 is 31.1 Å². The molecule has 13 heteroatoms. The number of carbonyl (C=O) groups is 1. The lowest BCUT2D eigenvalue weighted by Crippen LogP contribution is -2.48. The number of anilines is 1. The number of sulfonamides is 2. The number of halogens is 1. The highest BCUT2D eigenvalue weighted by Crippen LogP contribution is 2.23. The Morgan fingerprint density at radius 3 is 2.26 bits per heavy atom. The van der Waals surface area contributed by atoms with E-state index in [1.165, 1.54) is 35.5 Å². The summed E-state index contributed by atoms with van der Waals surface area (Å²) in [5, 5.41) is 3.10. The first-order chi connectivity index (χ1) is 16.5. The smallest absolute Gasteiger partial charge is 0.243 e. The molecule has 2 aromatic rings. The van der Waals surface area contributed by atoms with Crippen molar-refractivity contribution in [2.24, 2.45) is 0 Å². The van der Waals surface area contributed by atoms with Crippen molar-refractivity contribution in [3.05, 3.63) is 53.6 Å². The van der Waals surface area contributed by atoms with E-state index in [1.807, 2.05) is 0 Å². The van der Waals surface area contributed by atoms with Crippen LogP contribution < -0.4 is 14.4 Å². The topological polar surface area (TPSA) is 122 Å². The molecule has 1 heterocycles. The van der Waals surface area contributed by atoms with Crippen LogP contribution in [0.1, 0.15) is 6.92 Å². The van der Waals surface area contributed by atoms with Gasteiger partial charge in [-0.1, -0.05) is 11.6 Å². The van der Waals surface area contributed by atoms with Crippen molar-refractivity contribution in [3.8, 4) is 5.75 Å². The second kappa shape index (κ2) is 11.6. The molecule has 10 nitrogen and oxygen atoms in total. The molecular formula is C22H28ClN3O7S2. The van der Waals surface area contributed by atoms with Gasteiger partial charge in [0.15, 0.2) is 0 Å². The summed E-state index contributed by atoms with van der Waals surface area (Å²) in [4.78, 5) is 12.8. The summed E-state index contributed by atoms with van der Waals surface area (Å²) in [5.74, 6) is -0.0620. The Bertz CT molecular complexity index is 1210. The number of ether oxygens (including phenoxy) is 2. The van der Waals surface area contributed by atoms with E-state index < -0.39 is 32.0 Å². The van der Waals surface area contributed by atoms with Crippen LogP contribution in [0, 0.1) is 0 Å². The quantitative estimate of drug-likeness (QED) is 0.451. The van der Waals surface area contributed by atoms with Crippen LogP contribution in [-0.4, -0.2) is 78.8 Å². The van der Waals surface area contributed by atoms with Crippen LogP contribution >= 0.6 is 11.6 Å². The highest BCUT2D eigenvalue weighted by Gasteiger charge is 2.29. The molecule has 0 unspecified atom stereocenters. The number of rotatable bonds is 10. The molecule has 35 heavy (non-hydrogen) atoms. The van der Waals surface area contributed by atoms with Crippen molar-refractivity contribution in [1.29, 1.82) is 0 Å². The number of amides is 1. The minimum atomic E-state index is -3.73. The highest BCUT2D eigenvalue weighted by molar-refractivity contribution is 7.92. The standard InChI is InChI=1S/C22H28ClN3O7S2/c1-17(26(34(2,28)29)19-5-3-18(23)4-6-19)22(27)24-11-14-33-20-7-9-21(10-8-20)35(30,31)25-12-15-32-16-13-25/h3-10,17H,11-16H2,1-2H3,(H,24,27)/t17-/m0/s1. The maximum Gasteiger partial charge on any atom is 0.243 e. The van der Waals surface area contributed by atoms with Gasteiger partial charge in [0.05, 0.1) is 36.6 Å². The SMILES string of the molecule is C[C@@H](C(=O)NCCOc1ccc(S(=O)(=O)N2CCOCC2)cc1)N(c1ccc(Cl)cc1)S(C)(=O)=O. The first-order valence-electron chi connectivity index (χ1n) is 10.8. The van der Waals surface area contributed by atoms with Gasteiger partial charge in [0, 0.05) is 18.1 Å². The maximum atomic E-state index is 12.7. The second-order valence-electron chi connectivity index (χ2n) is 7.84. The zero-order valence-electron chi connectivity index (χ0n) is 19.4. The number of nitrogens with zero attached hydrogens (tertiary/aromatic N) is 2. The van der Waals surface area contributed by atoms with E-state index >= 15 is 0 Å². The van der Waals surface area contributed by atoms with Crippen LogP contribution in [0.5, 0.6) is 5.75 Å². The van der Waals surface area contributed by atoms with E-state index in [1.54, 1.807) is 24.3 Å². The Morgan fingerprint density at radius 1 is 1.09 bits per heavy atom. The predicted octanol–water partition coefficient (Wildman–Crippen LogP) is 1.71. The molecule has 0 radical (unpaired) electrons. The molecule has 192 valence electrons. The average Bonchev–Trinajstić information content (AvgIpc) is 2.83. The van der Waals surface area contributed by atoms with Crippen LogP contribution in [0.3, 0.4) is 0 Å². The molecule has 0 saturated carbocycles. The molecule has 2 aromatic carbocycles. The predicted molar refractivity (Wildman–Crippen MR) is 133 cm³/mol. The lowest BCUT2D eigenvalue weighted by Gasteiger charge is -2.28. The van der Waals surface area contributed by atoms with Gasteiger partial charge < -0.3 is 14.8 Å². The molecule has 0 aliphatic carbocycles. The van der Waals surface area contributed by atoms with Gasteiger partial charge in [-0.2, -0.15) is 4.31 Å². The number of nitrogens with one attached hydrogen (secondary N) is 1. The van der Waals surface area contributed by atoms with Gasteiger partial charge >= 0.3 is 0 Å². The number of carbonyl (C=O) groups excluding carboxylic acids is 1. The second-order valence-corrected chi connectivity index (χ2v) is 12.1. The summed E-state index contributed by atoms with van der Waals surface area (Å²) in [6.45, 7) is 3.07. The minimum Gasteiger partial charge on any atom is -0.492 e. The fourth-order valence-corrected chi connectivity index (χ4v) is 6.24. The Kier molecular flexibility index (Phi) is 9.00. The van der Waals surface area contributed by atoms with E-state index in [2.05, 4.69) is 5.32 Å². The molecule has 1 atom stereocenters. The van der Waals surface area contributed by atoms with E-state index in [0.717, 1.165) is 10.6 Å². The van der Waals surface area contributed by atoms with Gasteiger partial charge in [0.1, 0.15) is 18.4 Å². The first kappa shape index (κ1) is 27.2. The average molecular weight is 546 g/mol. The van der Waals surface area contributed by atoms with Gasteiger partial charge in [-0.05, 0) is 55.5 Å². The largest absolute Gasteiger partial charge is 0.492 e. The van der Waals surface area contributed by atoms with E-state index in [-0.39, 0.29) is 18.0 Å². The fraction of sp³-hybridized carbons (Fsp3) is 0.409. The molecular weight excluding hydrogens is 518 g/mol. The van der Waals surface area contributed by atoms with Crippen LogP contribution in [0.2, 0.25) is 5.02 Å². The van der Waals surface area contributed by atoms with Gasteiger partial charge in [-0.25, -0.2) is 16.8 Å². The first-order valence-corrected chi connectivity index (χ1v) is 14.5. The van der Waals surface area contributed by atoms with Crippen molar-refractivity contribution in [2.45, 2.75) is 17.9 Å². The number of morpholine rings is 1. The lowest BCUT2D eigenvalue weighted by atomic mass is 10.2. The zero-order chi connectivity index (χ0) is 25.6. The summed E-state index contributed by atoms with van der Waals surface area (Å²) in [7, 11) is -7.33. The molecule has 1 fully saturated rings. The third-order valence-electron chi connectivity index (χ3n) is 5.27. The Hall–Kier alpha value is -2.38. The monoisotopic (exact) mass is 545 g/mol. The van der Waals surface area contributed by atoms with Crippen LogP contribution in [0.4, 0.5) is 5.69 Å². The zero-order valence-corrected chi connectivity index (χ0v) is 21.8. The van der Waals surface area contributed by atoms with Gasteiger partial charge in [0.2, 0.25) is 26.0 Å². The van der Waals surface area contributed by atoms with E-state index in [9.17, 15) is 21.6 Å². The van der Waals surface area contributed by atoms with Crippen molar-refractivity contribution >= 4 is 43.2 Å². The highest BCUT2D eigenvalue weighted by atomic mass is 35.5. The molecule has 3 rings (SSSR count).